The zero-order valence-electron chi connectivity index (χ0n) is 12.4. The number of carbonyl (C=O) groups excluding carboxylic acids is 1. The zero-order chi connectivity index (χ0) is 15.9. The first-order valence-corrected chi connectivity index (χ1v) is 7.23. The SMILES string of the molecule is CC[C@@H](NC(=O)CCc1ccncc1)c1cc(F)ccc1F. The fourth-order valence-corrected chi connectivity index (χ4v) is 2.26. The van der Waals surface area contributed by atoms with E-state index in [-0.39, 0.29) is 17.9 Å². The summed E-state index contributed by atoms with van der Waals surface area (Å²) >= 11 is 0. The van der Waals surface area contributed by atoms with Crippen molar-refractivity contribution < 1.29 is 13.6 Å². The summed E-state index contributed by atoms with van der Waals surface area (Å²) in [4.78, 5) is 15.9. The molecule has 1 aromatic heterocycles. The van der Waals surface area contributed by atoms with Crippen molar-refractivity contribution in [3.05, 3.63) is 65.5 Å². The summed E-state index contributed by atoms with van der Waals surface area (Å²) in [6.45, 7) is 1.82. The summed E-state index contributed by atoms with van der Waals surface area (Å²) in [5, 5.41) is 2.76. The highest BCUT2D eigenvalue weighted by Gasteiger charge is 2.17. The van der Waals surface area contributed by atoms with Gasteiger partial charge in [-0.15, -0.1) is 0 Å². The fourth-order valence-electron chi connectivity index (χ4n) is 2.26. The fraction of sp³-hybridized carbons (Fsp3) is 0.294. The molecule has 0 radical (unpaired) electrons. The smallest absolute Gasteiger partial charge is 0.220 e. The molecular formula is C17H18F2N2O. The van der Waals surface area contributed by atoms with Gasteiger partial charge in [-0.05, 0) is 48.7 Å². The van der Waals surface area contributed by atoms with Crippen LogP contribution in [0.2, 0.25) is 0 Å². The third-order valence-corrected chi connectivity index (χ3v) is 3.47. The Hall–Kier alpha value is -2.30. The minimum atomic E-state index is -0.527. The van der Waals surface area contributed by atoms with Gasteiger partial charge in [0.05, 0.1) is 6.04 Å². The molecule has 22 heavy (non-hydrogen) atoms. The van der Waals surface area contributed by atoms with E-state index in [1.165, 1.54) is 0 Å². The highest BCUT2D eigenvalue weighted by molar-refractivity contribution is 5.76. The minimum absolute atomic E-state index is 0.180. The van der Waals surface area contributed by atoms with E-state index in [1.807, 2.05) is 19.1 Å². The molecule has 0 aliphatic heterocycles. The number of rotatable bonds is 6. The van der Waals surface area contributed by atoms with Crippen LogP contribution in [0.5, 0.6) is 0 Å². The second-order valence-electron chi connectivity index (χ2n) is 5.05. The lowest BCUT2D eigenvalue weighted by Crippen LogP contribution is -2.29. The molecule has 5 heteroatoms. The Bertz CT molecular complexity index is 632. The molecule has 0 spiro atoms. The van der Waals surface area contributed by atoms with Crippen LogP contribution in [0, 0.1) is 11.6 Å². The van der Waals surface area contributed by atoms with Crippen molar-refractivity contribution in [2.24, 2.45) is 0 Å². The van der Waals surface area contributed by atoms with Gasteiger partial charge in [-0.3, -0.25) is 9.78 Å². The third kappa shape index (κ3) is 4.35. The molecule has 116 valence electrons. The van der Waals surface area contributed by atoms with E-state index in [0.29, 0.717) is 12.8 Å². The van der Waals surface area contributed by atoms with Gasteiger partial charge >= 0.3 is 0 Å². The van der Waals surface area contributed by atoms with Crippen LogP contribution in [0.4, 0.5) is 8.78 Å². The second-order valence-corrected chi connectivity index (χ2v) is 5.05. The Morgan fingerprint density at radius 1 is 1.23 bits per heavy atom. The number of pyridine rings is 1. The van der Waals surface area contributed by atoms with Gasteiger partial charge in [0.1, 0.15) is 11.6 Å². The van der Waals surface area contributed by atoms with E-state index in [2.05, 4.69) is 10.3 Å². The van der Waals surface area contributed by atoms with Crippen molar-refractivity contribution in [1.29, 1.82) is 0 Å². The lowest BCUT2D eigenvalue weighted by Gasteiger charge is -2.18. The van der Waals surface area contributed by atoms with Gasteiger partial charge in [0.25, 0.3) is 0 Å². The average molecular weight is 304 g/mol. The monoisotopic (exact) mass is 304 g/mol. The quantitative estimate of drug-likeness (QED) is 0.886. The van der Waals surface area contributed by atoms with Crippen molar-refractivity contribution in [1.82, 2.24) is 10.3 Å². The number of aromatic nitrogens is 1. The summed E-state index contributed by atoms with van der Waals surface area (Å²) in [5.41, 5.74) is 1.19. The van der Waals surface area contributed by atoms with Crippen molar-refractivity contribution in [3.8, 4) is 0 Å². The van der Waals surface area contributed by atoms with Crippen molar-refractivity contribution in [3.63, 3.8) is 0 Å². The molecule has 3 nitrogen and oxygen atoms in total. The number of hydrogen-bond acceptors (Lipinski definition) is 2. The molecule has 0 fully saturated rings. The van der Waals surface area contributed by atoms with Crippen LogP contribution in [0.1, 0.15) is 36.9 Å². The normalized spacial score (nSPS) is 12.0. The molecule has 0 saturated carbocycles. The van der Waals surface area contributed by atoms with Crippen molar-refractivity contribution in [2.75, 3.05) is 0 Å². The molecule has 2 rings (SSSR count). The Morgan fingerprint density at radius 2 is 1.95 bits per heavy atom. The molecule has 0 bridgehead atoms. The van der Waals surface area contributed by atoms with Crippen LogP contribution < -0.4 is 5.32 Å². The molecule has 1 N–H and O–H groups in total. The van der Waals surface area contributed by atoms with Crippen LogP contribution in [0.3, 0.4) is 0 Å². The Balaban J connectivity index is 1.97. The maximum atomic E-state index is 13.8. The molecule has 1 atom stereocenters. The molecule has 1 amide bonds. The summed E-state index contributed by atoms with van der Waals surface area (Å²) in [6.07, 6.45) is 4.70. The van der Waals surface area contributed by atoms with Crippen LogP contribution in [-0.4, -0.2) is 10.9 Å². The number of aryl methyl sites for hydroxylation is 1. The summed E-state index contributed by atoms with van der Waals surface area (Å²) in [6, 6.07) is 6.44. The number of hydrogen-bond donors (Lipinski definition) is 1. The van der Waals surface area contributed by atoms with E-state index in [9.17, 15) is 13.6 Å². The van der Waals surface area contributed by atoms with E-state index < -0.39 is 17.7 Å². The zero-order valence-corrected chi connectivity index (χ0v) is 12.4. The topological polar surface area (TPSA) is 42.0 Å². The molecular weight excluding hydrogens is 286 g/mol. The first kappa shape index (κ1) is 16.1. The molecule has 0 aliphatic carbocycles. The molecule has 0 aliphatic rings. The van der Waals surface area contributed by atoms with Gasteiger partial charge in [-0.2, -0.15) is 0 Å². The Kier molecular flexibility index (Phi) is 5.58. The van der Waals surface area contributed by atoms with Gasteiger partial charge in [0, 0.05) is 24.4 Å². The van der Waals surface area contributed by atoms with E-state index in [1.54, 1.807) is 12.4 Å². The molecule has 0 unspecified atom stereocenters. The van der Waals surface area contributed by atoms with E-state index in [4.69, 9.17) is 0 Å². The summed E-state index contributed by atoms with van der Waals surface area (Å²) in [7, 11) is 0. The maximum Gasteiger partial charge on any atom is 0.220 e. The van der Waals surface area contributed by atoms with E-state index in [0.717, 1.165) is 23.8 Å². The van der Waals surface area contributed by atoms with Gasteiger partial charge in [-0.25, -0.2) is 8.78 Å². The number of benzene rings is 1. The first-order chi connectivity index (χ1) is 10.6. The predicted molar refractivity (Wildman–Crippen MR) is 80.1 cm³/mol. The van der Waals surface area contributed by atoms with Crippen molar-refractivity contribution >= 4 is 5.91 Å². The largest absolute Gasteiger partial charge is 0.349 e. The first-order valence-electron chi connectivity index (χ1n) is 7.23. The highest BCUT2D eigenvalue weighted by Crippen LogP contribution is 2.21. The van der Waals surface area contributed by atoms with Gasteiger partial charge in [0.2, 0.25) is 5.91 Å². The Morgan fingerprint density at radius 3 is 2.64 bits per heavy atom. The lowest BCUT2D eigenvalue weighted by molar-refractivity contribution is -0.121. The average Bonchev–Trinajstić information content (AvgIpc) is 2.54. The summed E-state index contributed by atoms with van der Waals surface area (Å²) in [5.74, 6) is -1.21. The number of nitrogens with zero attached hydrogens (tertiary/aromatic N) is 1. The number of nitrogens with one attached hydrogen (secondary N) is 1. The standard InChI is InChI=1S/C17H18F2N2O/c1-2-16(14-11-13(18)4-5-15(14)19)21-17(22)6-3-12-7-9-20-10-8-12/h4-5,7-11,16H,2-3,6H2,1H3,(H,21,22)/t16-/m1/s1. The minimum Gasteiger partial charge on any atom is -0.349 e. The molecule has 2 aromatic rings. The molecule has 1 heterocycles. The van der Waals surface area contributed by atoms with Gasteiger partial charge in [0.15, 0.2) is 0 Å². The second kappa shape index (κ2) is 7.64. The lowest BCUT2D eigenvalue weighted by atomic mass is 10.0. The van der Waals surface area contributed by atoms with E-state index >= 15 is 0 Å². The third-order valence-electron chi connectivity index (χ3n) is 3.47. The summed E-state index contributed by atoms with van der Waals surface area (Å²) < 4.78 is 27.0. The number of carbonyl (C=O) groups is 1. The molecule has 1 aromatic carbocycles. The van der Waals surface area contributed by atoms with Crippen LogP contribution >= 0.6 is 0 Å². The van der Waals surface area contributed by atoms with Crippen molar-refractivity contribution in [2.45, 2.75) is 32.2 Å². The Labute approximate surface area is 128 Å². The van der Waals surface area contributed by atoms with Crippen LogP contribution in [0.15, 0.2) is 42.7 Å². The molecule has 0 saturated heterocycles. The van der Waals surface area contributed by atoms with Gasteiger partial charge < -0.3 is 5.32 Å². The number of halogens is 2. The van der Waals surface area contributed by atoms with Crippen LogP contribution in [-0.2, 0) is 11.2 Å². The maximum absolute atomic E-state index is 13.8. The van der Waals surface area contributed by atoms with Crippen LogP contribution in [0.25, 0.3) is 0 Å². The van der Waals surface area contributed by atoms with Gasteiger partial charge in [-0.1, -0.05) is 6.92 Å². The predicted octanol–water partition coefficient (Wildman–Crippen LogP) is 3.56. The highest BCUT2D eigenvalue weighted by atomic mass is 19.1. The number of amides is 1.